The van der Waals surface area contributed by atoms with Crippen LogP contribution in [0, 0.1) is 5.82 Å². The van der Waals surface area contributed by atoms with Crippen LogP contribution >= 0.6 is 27.7 Å². The number of aromatic nitrogens is 2. The van der Waals surface area contributed by atoms with Gasteiger partial charge in [0.05, 0.1) is 11.3 Å². The summed E-state index contributed by atoms with van der Waals surface area (Å²) >= 11 is 4.59. The van der Waals surface area contributed by atoms with Gasteiger partial charge in [-0.2, -0.15) is 0 Å². The fourth-order valence-electron chi connectivity index (χ4n) is 2.37. The van der Waals surface area contributed by atoms with Crippen molar-refractivity contribution >= 4 is 33.6 Å². The minimum Gasteiger partial charge on any atom is -0.411 e. The summed E-state index contributed by atoms with van der Waals surface area (Å²) in [5.41, 5.74) is 1.63. The lowest BCUT2D eigenvalue weighted by atomic mass is 10.1. The number of nitrogens with zero attached hydrogens (tertiary/aromatic N) is 2. The van der Waals surface area contributed by atoms with E-state index in [1.807, 2.05) is 31.2 Å². The number of thioether (sulfide) groups is 1. The van der Waals surface area contributed by atoms with Crippen LogP contribution in [0.15, 0.2) is 62.6 Å². The lowest BCUT2D eigenvalue weighted by molar-refractivity contribution is -0.120. The lowest BCUT2D eigenvalue weighted by Gasteiger charge is -2.16. The molecule has 27 heavy (non-hydrogen) atoms. The molecule has 0 radical (unpaired) electrons. The van der Waals surface area contributed by atoms with Crippen molar-refractivity contribution in [1.29, 1.82) is 0 Å². The summed E-state index contributed by atoms with van der Waals surface area (Å²) in [7, 11) is 0. The molecule has 1 heterocycles. The highest BCUT2D eigenvalue weighted by atomic mass is 79.9. The van der Waals surface area contributed by atoms with Gasteiger partial charge in [-0.25, -0.2) is 4.39 Å². The van der Waals surface area contributed by atoms with Crippen LogP contribution in [0.3, 0.4) is 0 Å². The summed E-state index contributed by atoms with van der Waals surface area (Å²) in [6, 6.07) is 13.3. The van der Waals surface area contributed by atoms with Crippen LogP contribution in [0.2, 0.25) is 0 Å². The second-order valence-corrected chi connectivity index (χ2v) is 8.13. The molecule has 2 atom stereocenters. The number of carbonyl (C=O) groups is 1. The van der Waals surface area contributed by atoms with Gasteiger partial charge in [0.15, 0.2) is 0 Å². The Kier molecular flexibility index (Phi) is 6.28. The second kappa shape index (κ2) is 8.67. The molecule has 0 saturated carbocycles. The third-order valence-electron chi connectivity index (χ3n) is 3.85. The number of rotatable bonds is 6. The summed E-state index contributed by atoms with van der Waals surface area (Å²) in [4.78, 5) is 12.4. The first-order valence-corrected chi connectivity index (χ1v) is 9.91. The molecule has 0 bridgehead atoms. The predicted octanol–water partition coefficient (Wildman–Crippen LogP) is 5.00. The van der Waals surface area contributed by atoms with Gasteiger partial charge in [-0.1, -0.05) is 45.9 Å². The molecule has 0 aliphatic heterocycles. The highest BCUT2D eigenvalue weighted by Gasteiger charge is 2.20. The maximum Gasteiger partial charge on any atom is 0.277 e. The minimum absolute atomic E-state index is 0.168. The van der Waals surface area contributed by atoms with Gasteiger partial charge in [0.25, 0.3) is 5.22 Å². The van der Waals surface area contributed by atoms with Gasteiger partial charge in [0.1, 0.15) is 5.82 Å². The minimum atomic E-state index is -0.427. The van der Waals surface area contributed by atoms with Crippen molar-refractivity contribution in [3.63, 3.8) is 0 Å². The van der Waals surface area contributed by atoms with Crippen LogP contribution < -0.4 is 5.32 Å². The van der Waals surface area contributed by atoms with Crippen molar-refractivity contribution < 1.29 is 13.6 Å². The summed E-state index contributed by atoms with van der Waals surface area (Å²) in [5.74, 6) is -0.0797. The Morgan fingerprint density at radius 2 is 1.93 bits per heavy atom. The highest BCUT2D eigenvalue weighted by Crippen LogP contribution is 2.27. The Morgan fingerprint density at radius 1 is 1.19 bits per heavy atom. The van der Waals surface area contributed by atoms with Crippen LogP contribution in [0.25, 0.3) is 11.5 Å². The lowest BCUT2D eigenvalue weighted by Crippen LogP contribution is -2.33. The Balaban J connectivity index is 1.60. The molecule has 3 rings (SSSR count). The van der Waals surface area contributed by atoms with E-state index in [1.54, 1.807) is 19.1 Å². The van der Waals surface area contributed by atoms with E-state index in [-0.39, 0.29) is 17.8 Å². The summed E-state index contributed by atoms with van der Waals surface area (Å²) in [6.45, 7) is 3.61. The third kappa shape index (κ3) is 5.17. The van der Waals surface area contributed by atoms with Crippen molar-refractivity contribution in [3.8, 4) is 11.5 Å². The Morgan fingerprint density at radius 3 is 2.63 bits per heavy atom. The van der Waals surface area contributed by atoms with E-state index in [9.17, 15) is 9.18 Å². The molecule has 3 aromatic rings. The molecule has 0 aliphatic carbocycles. The van der Waals surface area contributed by atoms with E-state index in [0.29, 0.717) is 11.1 Å². The molecule has 0 fully saturated rings. The second-order valence-electron chi connectivity index (χ2n) is 5.93. The maximum absolute atomic E-state index is 13.0. The molecule has 1 N–H and O–H groups in total. The van der Waals surface area contributed by atoms with Crippen LogP contribution in [0.5, 0.6) is 0 Å². The molecule has 2 aromatic carbocycles. The van der Waals surface area contributed by atoms with Gasteiger partial charge in [0.2, 0.25) is 11.8 Å². The topological polar surface area (TPSA) is 68.0 Å². The van der Waals surface area contributed by atoms with Crippen LogP contribution in [-0.2, 0) is 4.79 Å². The molecule has 5 nitrogen and oxygen atoms in total. The average Bonchev–Trinajstić information content (AvgIpc) is 3.10. The van der Waals surface area contributed by atoms with Gasteiger partial charge in [-0.05, 0) is 49.7 Å². The summed E-state index contributed by atoms with van der Waals surface area (Å²) in [5, 5.41) is 10.8. The van der Waals surface area contributed by atoms with E-state index in [4.69, 9.17) is 4.42 Å². The first kappa shape index (κ1) is 19.6. The zero-order valence-electron chi connectivity index (χ0n) is 14.6. The van der Waals surface area contributed by atoms with Crippen molar-refractivity contribution in [2.45, 2.75) is 30.4 Å². The number of halogens is 2. The van der Waals surface area contributed by atoms with Gasteiger partial charge in [0, 0.05) is 10.0 Å². The van der Waals surface area contributed by atoms with Crippen molar-refractivity contribution in [2.24, 2.45) is 0 Å². The van der Waals surface area contributed by atoms with Gasteiger partial charge < -0.3 is 9.73 Å². The average molecular weight is 450 g/mol. The smallest absolute Gasteiger partial charge is 0.277 e. The number of amides is 1. The van der Waals surface area contributed by atoms with Gasteiger partial charge >= 0.3 is 0 Å². The molecule has 1 aromatic heterocycles. The number of benzene rings is 2. The molecule has 0 saturated heterocycles. The van der Waals surface area contributed by atoms with E-state index in [2.05, 4.69) is 31.4 Å². The normalized spacial score (nSPS) is 13.2. The number of hydrogen-bond donors (Lipinski definition) is 1. The van der Waals surface area contributed by atoms with Crippen LogP contribution in [-0.4, -0.2) is 21.4 Å². The fourth-order valence-corrected chi connectivity index (χ4v) is 3.46. The van der Waals surface area contributed by atoms with Crippen molar-refractivity contribution in [2.75, 3.05) is 0 Å². The Bertz CT molecular complexity index is 933. The molecule has 0 unspecified atom stereocenters. The molecule has 0 aliphatic rings. The fraction of sp³-hybridized carbons (Fsp3) is 0.211. The van der Waals surface area contributed by atoms with Gasteiger partial charge in [-0.15, -0.1) is 10.2 Å². The van der Waals surface area contributed by atoms with Crippen LogP contribution in [0.4, 0.5) is 4.39 Å². The standard InChI is InChI=1S/C19H17BrFN3O2S/c1-11(13-6-8-16(21)9-7-13)22-17(25)12(2)27-19-24-23-18(26-19)14-4-3-5-15(20)10-14/h3-12H,1-2H3,(H,22,25)/t11-,12+/m0/s1. The summed E-state index contributed by atoms with van der Waals surface area (Å²) < 4.78 is 19.6. The molecule has 140 valence electrons. The first-order chi connectivity index (χ1) is 12.9. The SMILES string of the molecule is C[C@H](NC(=O)[C@@H](C)Sc1nnc(-c2cccc(Br)c2)o1)c1ccc(F)cc1. The van der Waals surface area contributed by atoms with Crippen molar-refractivity contribution in [1.82, 2.24) is 15.5 Å². The van der Waals surface area contributed by atoms with E-state index in [1.165, 1.54) is 23.9 Å². The molecule has 8 heteroatoms. The molecular formula is C19H17BrFN3O2S. The van der Waals surface area contributed by atoms with E-state index in [0.717, 1.165) is 15.6 Å². The van der Waals surface area contributed by atoms with E-state index < -0.39 is 5.25 Å². The molecule has 1 amide bonds. The zero-order chi connectivity index (χ0) is 19.4. The van der Waals surface area contributed by atoms with Crippen molar-refractivity contribution in [3.05, 3.63) is 64.4 Å². The van der Waals surface area contributed by atoms with Crippen LogP contribution in [0.1, 0.15) is 25.5 Å². The predicted molar refractivity (Wildman–Crippen MR) is 106 cm³/mol. The first-order valence-electron chi connectivity index (χ1n) is 8.24. The quantitative estimate of drug-likeness (QED) is 0.536. The third-order valence-corrected chi connectivity index (χ3v) is 5.28. The monoisotopic (exact) mass is 449 g/mol. The summed E-state index contributed by atoms with van der Waals surface area (Å²) in [6.07, 6.45) is 0. The largest absolute Gasteiger partial charge is 0.411 e. The zero-order valence-corrected chi connectivity index (χ0v) is 17.1. The van der Waals surface area contributed by atoms with Gasteiger partial charge in [-0.3, -0.25) is 4.79 Å². The Labute approximate surface area is 168 Å². The Hall–Kier alpha value is -2.19. The number of nitrogens with one attached hydrogen (secondary N) is 1. The number of hydrogen-bond acceptors (Lipinski definition) is 5. The maximum atomic E-state index is 13.0. The highest BCUT2D eigenvalue weighted by molar-refractivity contribution is 9.10. The molecular weight excluding hydrogens is 433 g/mol. The number of carbonyl (C=O) groups excluding carboxylic acids is 1. The molecule has 0 spiro atoms. The van der Waals surface area contributed by atoms with E-state index >= 15 is 0 Å².